The summed E-state index contributed by atoms with van der Waals surface area (Å²) in [4.78, 5) is 11.1. The minimum Gasteiger partial charge on any atom is -0.424 e. The lowest BCUT2D eigenvalue weighted by Gasteiger charge is -2.32. The summed E-state index contributed by atoms with van der Waals surface area (Å²) >= 11 is 0. The van der Waals surface area contributed by atoms with Crippen molar-refractivity contribution in [3.63, 3.8) is 0 Å². The van der Waals surface area contributed by atoms with Crippen LogP contribution < -0.4 is 10.2 Å². The minimum atomic E-state index is 0.340. The number of anilines is 2. The second-order valence-corrected chi connectivity index (χ2v) is 5.91. The van der Waals surface area contributed by atoms with Crippen molar-refractivity contribution in [2.24, 2.45) is 0 Å². The molecule has 6 nitrogen and oxygen atoms in total. The van der Waals surface area contributed by atoms with Gasteiger partial charge in [-0.25, -0.2) is 4.98 Å². The third-order valence-corrected chi connectivity index (χ3v) is 4.32. The van der Waals surface area contributed by atoms with E-state index in [1.807, 2.05) is 36.4 Å². The quantitative estimate of drug-likeness (QED) is 0.799. The van der Waals surface area contributed by atoms with Gasteiger partial charge in [0.15, 0.2) is 5.58 Å². The van der Waals surface area contributed by atoms with E-state index in [4.69, 9.17) is 9.68 Å². The van der Waals surface area contributed by atoms with Crippen molar-refractivity contribution < 1.29 is 4.42 Å². The highest BCUT2D eigenvalue weighted by Gasteiger charge is 2.21. The van der Waals surface area contributed by atoms with E-state index in [0.717, 1.165) is 42.8 Å². The van der Waals surface area contributed by atoms with E-state index in [-0.39, 0.29) is 0 Å². The summed E-state index contributed by atoms with van der Waals surface area (Å²) in [7, 11) is 0. The van der Waals surface area contributed by atoms with Crippen molar-refractivity contribution in [3.05, 3.63) is 48.2 Å². The summed E-state index contributed by atoms with van der Waals surface area (Å²) in [5.41, 5.74) is 2.27. The van der Waals surface area contributed by atoms with E-state index in [1.54, 1.807) is 6.20 Å². The van der Waals surface area contributed by atoms with Crippen molar-refractivity contribution in [2.45, 2.75) is 18.9 Å². The fourth-order valence-corrected chi connectivity index (χ4v) is 3.00. The predicted octanol–water partition coefficient (Wildman–Crippen LogP) is 3.18. The smallest absolute Gasteiger partial charge is 0.295 e. The molecule has 0 saturated carbocycles. The van der Waals surface area contributed by atoms with Crippen molar-refractivity contribution in [2.75, 3.05) is 23.3 Å². The van der Waals surface area contributed by atoms with Crippen LogP contribution in [0.4, 0.5) is 11.8 Å². The zero-order chi connectivity index (χ0) is 16.4. The maximum atomic E-state index is 8.84. The molecule has 0 aliphatic carbocycles. The highest BCUT2D eigenvalue weighted by atomic mass is 16.4. The first-order chi connectivity index (χ1) is 11.8. The Morgan fingerprint density at radius 1 is 1.17 bits per heavy atom. The van der Waals surface area contributed by atoms with Crippen LogP contribution >= 0.6 is 0 Å². The molecule has 0 atom stereocenters. The van der Waals surface area contributed by atoms with Crippen molar-refractivity contribution in [3.8, 4) is 6.07 Å². The molecule has 1 aliphatic heterocycles. The standard InChI is InChI=1S/C18H17N5O/c19-11-13-5-6-17(20-12-13)23-9-7-14(8-10-23)21-18-22-15-3-1-2-4-16(15)24-18/h1-6,12,14H,7-10H2,(H,21,22). The number of piperidine rings is 1. The Morgan fingerprint density at radius 3 is 2.71 bits per heavy atom. The molecular weight excluding hydrogens is 302 g/mol. The average molecular weight is 319 g/mol. The van der Waals surface area contributed by atoms with Crippen LogP contribution in [0.5, 0.6) is 0 Å². The molecule has 4 rings (SSSR count). The number of rotatable bonds is 3. The van der Waals surface area contributed by atoms with Crippen LogP contribution in [0.25, 0.3) is 11.1 Å². The Bertz CT molecular complexity index is 839. The number of hydrogen-bond donors (Lipinski definition) is 1. The van der Waals surface area contributed by atoms with Gasteiger partial charge in [0, 0.05) is 25.3 Å². The first kappa shape index (κ1) is 14.5. The number of pyridine rings is 1. The molecule has 0 amide bonds. The second-order valence-electron chi connectivity index (χ2n) is 5.91. The van der Waals surface area contributed by atoms with E-state index >= 15 is 0 Å². The molecule has 0 bridgehead atoms. The van der Waals surface area contributed by atoms with Gasteiger partial charge in [-0.3, -0.25) is 0 Å². The van der Waals surface area contributed by atoms with Crippen LogP contribution in [0.3, 0.4) is 0 Å². The monoisotopic (exact) mass is 319 g/mol. The van der Waals surface area contributed by atoms with Gasteiger partial charge >= 0.3 is 0 Å². The Morgan fingerprint density at radius 2 is 2.00 bits per heavy atom. The zero-order valence-corrected chi connectivity index (χ0v) is 13.1. The van der Waals surface area contributed by atoms with Crippen molar-refractivity contribution in [1.82, 2.24) is 9.97 Å². The predicted molar refractivity (Wildman–Crippen MR) is 91.8 cm³/mol. The van der Waals surface area contributed by atoms with Gasteiger partial charge in [-0.2, -0.15) is 10.2 Å². The second kappa shape index (κ2) is 6.20. The van der Waals surface area contributed by atoms with E-state index in [0.29, 0.717) is 17.6 Å². The zero-order valence-electron chi connectivity index (χ0n) is 13.1. The molecule has 1 aromatic carbocycles. The van der Waals surface area contributed by atoms with Gasteiger partial charge in [0.25, 0.3) is 6.01 Å². The van der Waals surface area contributed by atoms with Crippen LogP contribution in [-0.4, -0.2) is 29.1 Å². The molecule has 120 valence electrons. The summed E-state index contributed by atoms with van der Waals surface area (Å²) in [5, 5.41) is 12.2. The molecule has 2 aromatic heterocycles. The first-order valence-corrected chi connectivity index (χ1v) is 8.05. The molecule has 0 radical (unpaired) electrons. The molecule has 1 fully saturated rings. The van der Waals surface area contributed by atoms with E-state index < -0.39 is 0 Å². The lowest BCUT2D eigenvalue weighted by Crippen LogP contribution is -2.39. The van der Waals surface area contributed by atoms with Crippen LogP contribution in [-0.2, 0) is 0 Å². The first-order valence-electron chi connectivity index (χ1n) is 8.05. The maximum absolute atomic E-state index is 8.84. The number of fused-ring (bicyclic) bond motifs is 1. The summed E-state index contributed by atoms with van der Waals surface area (Å²) in [6.07, 6.45) is 3.60. The lowest BCUT2D eigenvalue weighted by molar-refractivity contribution is 0.503. The molecule has 24 heavy (non-hydrogen) atoms. The summed E-state index contributed by atoms with van der Waals surface area (Å²) in [6.45, 7) is 1.83. The molecule has 6 heteroatoms. The SMILES string of the molecule is N#Cc1ccc(N2CCC(Nc3nc4ccccc4o3)CC2)nc1. The van der Waals surface area contributed by atoms with Crippen LogP contribution in [0, 0.1) is 11.3 Å². The summed E-state index contributed by atoms with van der Waals surface area (Å²) in [6, 6.07) is 14.5. The lowest BCUT2D eigenvalue weighted by atomic mass is 10.1. The number of benzene rings is 1. The third-order valence-electron chi connectivity index (χ3n) is 4.32. The number of nitrogens with one attached hydrogen (secondary N) is 1. The summed E-state index contributed by atoms with van der Waals surface area (Å²) < 4.78 is 5.73. The molecule has 1 saturated heterocycles. The fraction of sp³-hybridized carbons (Fsp3) is 0.278. The fourth-order valence-electron chi connectivity index (χ4n) is 3.00. The van der Waals surface area contributed by atoms with E-state index in [1.165, 1.54) is 0 Å². The molecule has 3 heterocycles. The van der Waals surface area contributed by atoms with Gasteiger partial charge in [-0.05, 0) is 37.1 Å². The van der Waals surface area contributed by atoms with E-state index in [9.17, 15) is 0 Å². The number of nitrogens with zero attached hydrogens (tertiary/aromatic N) is 4. The Labute approximate surface area is 139 Å². The topological polar surface area (TPSA) is 78.0 Å². The molecule has 1 aliphatic rings. The Hall–Kier alpha value is -3.07. The Balaban J connectivity index is 1.38. The number of oxazole rings is 1. The number of aromatic nitrogens is 2. The van der Waals surface area contributed by atoms with Gasteiger partial charge < -0.3 is 14.6 Å². The molecular formula is C18H17N5O. The van der Waals surface area contributed by atoms with Gasteiger partial charge in [-0.15, -0.1) is 0 Å². The molecule has 1 N–H and O–H groups in total. The van der Waals surface area contributed by atoms with Crippen molar-refractivity contribution in [1.29, 1.82) is 5.26 Å². The van der Waals surface area contributed by atoms with Crippen LogP contribution in [0.1, 0.15) is 18.4 Å². The normalized spacial score (nSPS) is 15.4. The van der Waals surface area contributed by atoms with Gasteiger partial charge in [-0.1, -0.05) is 12.1 Å². The highest BCUT2D eigenvalue weighted by Crippen LogP contribution is 2.23. The number of nitriles is 1. The molecule has 0 unspecified atom stereocenters. The van der Waals surface area contributed by atoms with Gasteiger partial charge in [0.2, 0.25) is 0 Å². The third kappa shape index (κ3) is 2.88. The highest BCUT2D eigenvalue weighted by molar-refractivity contribution is 5.74. The van der Waals surface area contributed by atoms with Crippen molar-refractivity contribution >= 4 is 22.9 Å². The molecule has 3 aromatic rings. The van der Waals surface area contributed by atoms with Gasteiger partial charge in [0.05, 0.1) is 5.56 Å². The minimum absolute atomic E-state index is 0.340. The van der Waals surface area contributed by atoms with Gasteiger partial charge in [0.1, 0.15) is 17.4 Å². The average Bonchev–Trinajstić information content (AvgIpc) is 3.05. The number of para-hydroxylation sites is 2. The maximum Gasteiger partial charge on any atom is 0.295 e. The number of hydrogen-bond acceptors (Lipinski definition) is 6. The summed E-state index contributed by atoms with van der Waals surface area (Å²) in [5.74, 6) is 0.925. The van der Waals surface area contributed by atoms with Crippen LogP contribution in [0.2, 0.25) is 0 Å². The van der Waals surface area contributed by atoms with Crippen LogP contribution in [0.15, 0.2) is 47.0 Å². The largest absolute Gasteiger partial charge is 0.424 e. The molecule has 0 spiro atoms. The Kier molecular flexibility index (Phi) is 3.75. The van der Waals surface area contributed by atoms with E-state index in [2.05, 4.69) is 26.3 Å².